The van der Waals surface area contributed by atoms with Crippen LogP contribution in [0.3, 0.4) is 0 Å². The summed E-state index contributed by atoms with van der Waals surface area (Å²) in [7, 11) is -3.25. The molecule has 3 rings (SSSR count). The molecule has 11 nitrogen and oxygen atoms in total. The van der Waals surface area contributed by atoms with Crippen LogP contribution in [0.5, 0.6) is 0 Å². The standard InChI is InChI=1S/C22H28F3N9O2S/c1-14(26)30-15(2)31-20(27)18-10-16(13-33-6-8-34(9-7-33)37(3,35)36)11-29-21(18)32-17-4-5-19(28-12-17)22(23,24)25/h4-5,10-12H,1,6-9,13,26H2,2-3H3,(H,29,32)(H2,27,30,31). The number of hydrogen-bond donors (Lipinski definition) is 3. The first-order valence-corrected chi connectivity index (χ1v) is 12.9. The third-order valence-corrected chi connectivity index (χ3v) is 6.63. The van der Waals surface area contributed by atoms with Gasteiger partial charge in [0.25, 0.3) is 0 Å². The van der Waals surface area contributed by atoms with Gasteiger partial charge in [0.2, 0.25) is 10.0 Å². The molecule has 0 aliphatic carbocycles. The second-order valence-electron chi connectivity index (χ2n) is 8.38. The van der Waals surface area contributed by atoms with Crippen LogP contribution in [0.25, 0.3) is 0 Å². The molecular formula is C22H28F3N9O2S. The number of piperazine rings is 1. The summed E-state index contributed by atoms with van der Waals surface area (Å²) in [5.41, 5.74) is 12.1. The van der Waals surface area contributed by atoms with E-state index in [4.69, 9.17) is 11.5 Å². The molecule has 1 fully saturated rings. The number of rotatable bonds is 7. The number of sulfonamides is 1. The lowest BCUT2D eigenvalue weighted by atomic mass is 10.1. The summed E-state index contributed by atoms with van der Waals surface area (Å²) in [5.74, 6) is 0.576. The monoisotopic (exact) mass is 539 g/mol. The van der Waals surface area contributed by atoms with Gasteiger partial charge in [-0.05, 0) is 30.7 Å². The highest BCUT2D eigenvalue weighted by molar-refractivity contribution is 7.88. The molecule has 1 aliphatic heterocycles. The van der Waals surface area contributed by atoms with Crippen molar-refractivity contribution in [1.82, 2.24) is 19.2 Å². The lowest BCUT2D eigenvalue weighted by Crippen LogP contribution is -2.47. The normalized spacial score (nSPS) is 16.6. The van der Waals surface area contributed by atoms with Crippen LogP contribution in [0.1, 0.15) is 23.7 Å². The largest absolute Gasteiger partial charge is 0.433 e. The molecule has 2 aromatic rings. The van der Waals surface area contributed by atoms with E-state index in [2.05, 4.69) is 36.7 Å². The van der Waals surface area contributed by atoms with Crippen molar-refractivity contribution in [2.45, 2.75) is 19.6 Å². The Bertz CT molecular complexity index is 1300. The maximum Gasteiger partial charge on any atom is 0.433 e. The molecule has 0 spiro atoms. The molecule has 2 aromatic heterocycles. The quantitative estimate of drug-likeness (QED) is 0.356. The Morgan fingerprint density at radius 2 is 1.81 bits per heavy atom. The number of pyridine rings is 2. The minimum atomic E-state index is -4.56. The van der Waals surface area contributed by atoms with E-state index in [9.17, 15) is 21.6 Å². The van der Waals surface area contributed by atoms with Crippen LogP contribution >= 0.6 is 0 Å². The molecule has 0 saturated carbocycles. The van der Waals surface area contributed by atoms with Gasteiger partial charge in [-0.15, -0.1) is 0 Å². The SMILES string of the molecule is C=C(N)N=C(C)N=C(N)c1cc(CN2CCN(S(C)(=O)=O)CC2)cnc1Nc1ccc(C(F)(F)F)nc1. The predicted molar refractivity (Wildman–Crippen MR) is 136 cm³/mol. The van der Waals surface area contributed by atoms with Crippen LogP contribution in [0, 0.1) is 0 Å². The van der Waals surface area contributed by atoms with E-state index in [1.807, 2.05) is 0 Å². The number of hydrogen-bond acceptors (Lipinski definition) is 8. The van der Waals surface area contributed by atoms with Gasteiger partial charge in [-0.1, -0.05) is 6.58 Å². The number of nitrogens with one attached hydrogen (secondary N) is 1. The number of nitrogens with two attached hydrogens (primary N) is 2. The third-order valence-electron chi connectivity index (χ3n) is 5.33. The molecule has 0 amide bonds. The highest BCUT2D eigenvalue weighted by atomic mass is 32.2. The maximum absolute atomic E-state index is 12.9. The Balaban J connectivity index is 1.88. The van der Waals surface area contributed by atoms with E-state index < -0.39 is 21.9 Å². The van der Waals surface area contributed by atoms with Gasteiger partial charge in [-0.3, -0.25) is 4.90 Å². The molecule has 1 saturated heterocycles. The van der Waals surface area contributed by atoms with Gasteiger partial charge in [-0.25, -0.2) is 28.4 Å². The number of alkyl halides is 3. The van der Waals surface area contributed by atoms with Gasteiger partial charge in [0, 0.05) is 38.9 Å². The Labute approximate surface area is 212 Å². The first kappa shape index (κ1) is 28.0. The first-order valence-electron chi connectivity index (χ1n) is 11.0. The van der Waals surface area contributed by atoms with Crippen LogP contribution in [-0.4, -0.2) is 71.7 Å². The number of halogens is 3. The summed E-state index contributed by atoms with van der Waals surface area (Å²) in [6.45, 7) is 7.37. The van der Waals surface area contributed by atoms with Crippen molar-refractivity contribution in [3.63, 3.8) is 0 Å². The number of aliphatic imine (C=N–C) groups is 2. The zero-order valence-corrected chi connectivity index (χ0v) is 21.1. The Hall–Kier alpha value is -3.56. The minimum Gasteiger partial charge on any atom is -0.384 e. The molecular weight excluding hydrogens is 511 g/mol. The fourth-order valence-corrected chi connectivity index (χ4v) is 4.43. The molecule has 37 heavy (non-hydrogen) atoms. The second-order valence-corrected chi connectivity index (χ2v) is 10.4. The smallest absolute Gasteiger partial charge is 0.384 e. The highest BCUT2D eigenvalue weighted by Gasteiger charge is 2.32. The number of aromatic nitrogens is 2. The zero-order chi connectivity index (χ0) is 27.4. The van der Waals surface area contributed by atoms with E-state index >= 15 is 0 Å². The number of nitrogens with zero attached hydrogens (tertiary/aromatic N) is 6. The summed E-state index contributed by atoms with van der Waals surface area (Å²) in [6, 6.07) is 3.84. The van der Waals surface area contributed by atoms with E-state index in [0.29, 0.717) is 38.3 Å². The fourth-order valence-electron chi connectivity index (χ4n) is 3.61. The van der Waals surface area contributed by atoms with Gasteiger partial charge in [0.1, 0.15) is 29.0 Å². The van der Waals surface area contributed by atoms with Crippen molar-refractivity contribution in [3.8, 4) is 0 Å². The van der Waals surface area contributed by atoms with E-state index in [-0.39, 0.29) is 29.0 Å². The highest BCUT2D eigenvalue weighted by Crippen LogP contribution is 2.28. The average Bonchev–Trinajstić information content (AvgIpc) is 2.79. The summed E-state index contributed by atoms with van der Waals surface area (Å²) < 4.78 is 63.5. The van der Waals surface area contributed by atoms with Crippen molar-refractivity contribution in [2.75, 3.05) is 37.8 Å². The Morgan fingerprint density at radius 3 is 2.35 bits per heavy atom. The van der Waals surface area contributed by atoms with Crippen molar-refractivity contribution in [3.05, 3.63) is 59.8 Å². The van der Waals surface area contributed by atoms with Gasteiger partial charge in [0.15, 0.2) is 0 Å². The van der Waals surface area contributed by atoms with Gasteiger partial charge in [0.05, 0.1) is 23.7 Å². The summed E-state index contributed by atoms with van der Waals surface area (Å²) in [4.78, 5) is 18.1. The van der Waals surface area contributed by atoms with Crippen molar-refractivity contribution >= 4 is 33.2 Å². The summed E-state index contributed by atoms with van der Waals surface area (Å²) >= 11 is 0. The molecule has 15 heteroatoms. The van der Waals surface area contributed by atoms with Gasteiger partial charge in [-0.2, -0.15) is 17.5 Å². The van der Waals surface area contributed by atoms with Gasteiger partial charge < -0.3 is 16.8 Å². The molecule has 3 heterocycles. The van der Waals surface area contributed by atoms with E-state index in [1.165, 1.54) is 16.6 Å². The third kappa shape index (κ3) is 7.96. The molecule has 1 aliphatic rings. The van der Waals surface area contributed by atoms with E-state index in [1.54, 1.807) is 19.2 Å². The zero-order valence-electron chi connectivity index (χ0n) is 20.3. The summed E-state index contributed by atoms with van der Waals surface area (Å²) in [5, 5.41) is 2.93. The van der Waals surface area contributed by atoms with Gasteiger partial charge >= 0.3 is 6.18 Å². The predicted octanol–water partition coefficient (Wildman–Crippen LogP) is 1.87. The minimum absolute atomic E-state index is 0.0427. The fraction of sp³-hybridized carbons (Fsp3) is 0.364. The number of anilines is 2. The molecule has 200 valence electrons. The Kier molecular flexibility index (Phi) is 8.50. The van der Waals surface area contributed by atoms with Crippen molar-refractivity contribution < 1.29 is 21.6 Å². The van der Waals surface area contributed by atoms with Crippen molar-refractivity contribution in [2.24, 2.45) is 21.5 Å². The molecule has 0 radical (unpaired) electrons. The van der Waals surface area contributed by atoms with Crippen LogP contribution in [0.2, 0.25) is 0 Å². The van der Waals surface area contributed by atoms with Crippen molar-refractivity contribution in [1.29, 1.82) is 0 Å². The lowest BCUT2D eigenvalue weighted by Gasteiger charge is -2.33. The second kappa shape index (κ2) is 11.2. The maximum atomic E-state index is 12.9. The molecule has 5 N–H and O–H groups in total. The lowest BCUT2D eigenvalue weighted by molar-refractivity contribution is -0.141. The average molecular weight is 540 g/mol. The molecule has 0 aromatic carbocycles. The van der Waals surface area contributed by atoms with Crippen LogP contribution < -0.4 is 16.8 Å². The molecule has 0 bridgehead atoms. The van der Waals surface area contributed by atoms with Crippen LogP contribution in [-0.2, 0) is 22.7 Å². The van der Waals surface area contributed by atoms with E-state index in [0.717, 1.165) is 17.8 Å². The van der Waals surface area contributed by atoms with Crippen LogP contribution in [0.4, 0.5) is 24.7 Å². The molecule has 0 unspecified atom stereocenters. The topological polar surface area (TPSA) is 155 Å². The number of amidine groups is 2. The molecule has 0 atom stereocenters. The summed E-state index contributed by atoms with van der Waals surface area (Å²) in [6.07, 6.45) is -0.731. The van der Waals surface area contributed by atoms with Crippen LogP contribution in [0.15, 0.2) is 53.0 Å². The Morgan fingerprint density at radius 1 is 1.14 bits per heavy atom. The first-order chi connectivity index (χ1) is 17.2.